The highest BCUT2D eigenvalue weighted by Crippen LogP contribution is 2.46. The number of nitrogens with zero attached hydrogens (tertiary/aromatic N) is 12. The van der Waals surface area contributed by atoms with Crippen molar-refractivity contribution in [1.29, 1.82) is 0 Å². The standard InChI is InChI=1S/2C45H39N5O3.C24H29N5O3.ClH/c2*1-32(2)41(44(52)53-43(51)35-17-7-3-8-18-35)46-31-33-27-29-34(30-28-33)39-25-15-16-26-40(39)42-47-48-49-50(42)45(36-19-9-4-10-20-36,37-21-11-5-12-22-37)38-23-13-6-14-24-38;1-4-5-10-21(30)29(22(16(2)3)24(31)32)15-17-11-13-18(14-12-17)19-8-6-7-9-20(19)23-25-27-28-26-23;/h2*3-30,32,41,46H,31H2,1-2H3;6-9,11-14,16,22H,4-5,10,15H2,1-3H3,(H,31,32)(H,25,26,27,28);1H/t2*41-;22-;/m000./s1. The van der Waals surface area contributed by atoms with Crippen LogP contribution in [0.15, 0.2) is 388 Å². The number of halogens is 1. The number of carbonyl (C=O) groups excluding carboxylic acids is 5. The van der Waals surface area contributed by atoms with Crippen LogP contribution in [-0.2, 0) is 59.4 Å². The monoisotopic (exact) mass is 1870 g/mol. The summed E-state index contributed by atoms with van der Waals surface area (Å²) in [6.45, 7) is 14.4. The number of amides is 1. The molecule has 0 bridgehead atoms. The van der Waals surface area contributed by atoms with Gasteiger partial charge in [-0.05, 0) is 158 Å². The number of H-pyrrole nitrogens is 1. The number of carbonyl (C=O) groups is 6. The number of rotatable bonds is 34. The molecule has 1 amide bonds. The van der Waals surface area contributed by atoms with E-state index in [4.69, 9.17) is 19.9 Å². The van der Waals surface area contributed by atoms with Gasteiger partial charge < -0.3 is 30.1 Å². The largest absolute Gasteiger partial charge is 0.480 e. The third kappa shape index (κ3) is 22.9. The van der Waals surface area contributed by atoms with Crippen molar-refractivity contribution in [2.45, 2.75) is 117 Å². The van der Waals surface area contributed by atoms with Crippen molar-refractivity contribution in [3.05, 3.63) is 449 Å². The molecule has 0 saturated carbocycles. The van der Waals surface area contributed by atoms with E-state index in [0.717, 1.165) is 113 Å². The van der Waals surface area contributed by atoms with E-state index in [0.29, 0.717) is 48.1 Å². The number of carboxylic acids is 1. The summed E-state index contributed by atoms with van der Waals surface area (Å²) in [5.74, 6) is -2.28. The van der Waals surface area contributed by atoms with E-state index in [1.165, 1.54) is 4.90 Å². The van der Waals surface area contributed by atoms with E-state index in [-0.39, 0.29) is 42.6 Å². The van der Waals surface area contributed by atoms with Crippen LogP contribution in [0.4, 0.5) is 0 Å². The highest BCUT2D eigenvalue weighted by Gasteiger charge is 2.45. The van der Waals surface area contributed by atoms with Gasteiger partial charge in [0.1, 0.15) is 29.2 Å². The fraction of sp³-hybridized carbons (Fsp3) is 0.184. The number of hydrogen-bond acceptors (Lipinski definition) is 19. The fourth-order valence-electron chi connectivity index (χ4n) is 17.4. The van der Waals surface area contributed by atoms with Crippen molar-refractivity contribution in [1.82, 2.24) is 76.6 Å². The Balaban J connectivity index is 0.000000171. The molecule has 0 radical (unpaired) electrons. The molecule has 3 heterocycles. The van der Waals surface area contributed by atoms with E-state index in [1.807, 2.05) is 276 Å². The molecule has 0 spiro atoms. The first-order valence-electron chi connectivity index (χ1n) is 46.2. The van der Waals surface area contributed by atoms with E-state index in [2.05, 4.69) is 161 Å². The average molecular weight is 1870 g/mol. The third-order valence-electron chi connectivity index (χ3n) is 24.3. The van der Waals surface area contributed by atoms with Gasteiger partial charge in [-0.1, -0.05) is 419 Å². The Hall–Kier alpha value is -16.3. The zero-order valence-electron chi connectivity index (χ0n) is 78.1. The smallest absolute Gasteiger partial charge is 0.345 e. The number of aromatic amines is 1. The van der Waals surface area contributed by atoms with Gasteiger partial charge in [-0.15, -0.1) is 32.8 Å². The number of unbranched alkanes of at least 4 members (excludes halogenated alkanes) is 1. The molecule has 25 heteroatoms. The number of aliphatic carboxylic acids is 1. The lowest BCUT2D eigenvalue weighted by molar-refractivity contribution is -0.153. The number of esters is 4. The van der Waals surface area contributed by atoms with E-state index >= 15 is 0 Å². The zero-order valence-corrected chi connectivity index (χ0v) is 79.0. The average Bonchev–Trinajstić information content (AvgIpc) is 1.71. The van der Waals surface area contributed by atoms with Crippen LogP contribution in [-0.4, -0.2) is 125 Å². The van der Waals surface area contributed by atoms with Crippen molar-refractivity contribution in [3.8, 4) is 67.5 Å². The summed E-state index contributed by atoms with van der Waals surface area (Å²) in [5.41, 5.74) is 16.3. The van der Waals surface area contributed by atoms with Crippen LogP contribution in [0.1, 0.15) is 139 Å². The number of aromatic nitrogens is 12. The van der Waals surface area contributed by atoms with Gasteiger partial charge in [-0.25, -0.2) is 33.3 Å². The molecule has 139 heavy (non-hydrogen) atoms. The lowest BCUT2D eigenvalue weighted by Gasteiger charge is -2.36. The van der Waals surface area contributed by atoms with Gasteiger partial charge in [0.05, 0.1) is 11.1 Å². The van der Waals surface area contributed by atoms with Crippen LogP contribution < -0.4 is 10.6 Å². The molecule has 0 aliphatic rings. The van der Waals surface area contributed by atoms with Crippen LogP contribution in [0.2, 0.25) is 0 Å². The molecule has 3 aromatic heterocycles. The van der Waals surface area contributed by atoms with Crippen molar-refractivity contribution >= 4 is 48.2 Å². The Labute approximate surface area is 814 Å². The zero-order chi connectivity index (χ0) is 96.3. The molecule has 0 saturated heterocycles. The molecule has 0 aliphatic heterocycles. The second-order valence-electron chi connectivity index (χ2n) is 34.4. The Kier molecular flexibility index (Phi) is 33.6. The molecule has 0 aliphatic carbocycles. The molecule has 700 valence electrons. The second kappa shape index (κ2) is 47.3. The summed E-state index contributed by atoms with van der Waals surface area (Å²) < 4.78 is 14.4. The van der Waals surface area contributed by atoms with Gasteiger partial charge >= 0.3 is 29.8 Å². The Morgan fingerprint density at radius 2 is 0.676 bits per heavy atom. The number of benzene rings is 14. The summed E-state index contributed by atoms with van der Waals surface area (Å²) in [6.07, 6.45) is 1.97. The lowest BCUT2D eigenvalue weighted by atomic mass is 9.77. The van der Waals surface area contributed by atoms with Crippen LogP contribution in [0.5, 0.6) is 0 Å². The molecule has 0 unspecified atom stereocenters. The fourth-order valence-corrected chi connectivity index (χ4v) is 17.4. The number of nitrogens with one attached hydrogen (secondary N) is 3. The number of tetrazole rings is 3. The topological polar surface area (TPSA) is 310 Å². The summed E-state index contributed by atoms with van der Waals surface area (Å²) in [5, 5.41) is 58.0. The van der Waals surface area contributed by atoms with Gasteiger partial charge in [-0.3, -0.25) is 4.79 Å². The van der Waals surface area contributed by atoms with E-state index < -0.39 is 59.0 Å². The Morgan fingerprint density at radius 3 is 0.978 bits per heavy atom. The molecule has 0 fully saturated rings. The molecule has 17 rings (SSSR count). The predicted octanol–water partition coefficient (Wildman–Crippen LogP) is 21.3. The van der Waals surface area contributed by atoms with Crippen molar-refractivity contribution in [2.75, 3.05) is 0 Å². The first kappa shape index (κ1) is 98.7. The van der Waals surface area contributed by atoms with Gasteiger partial charge in [-0.2, -0.15) is 5.21 Å². The van der Waals surface area contributed by atoms with Crippen LogP contribution >= 0.6 is 12.4 Å². The maximum Gasteiger partial charge on any atom is 0.345 e. The molecular formula is C114H108ClN15O9. The first-order valence-corrected chi connectivity index (χ1v) is 46.2. The summed E-state index contributed by atoms with van der Waals surface area (Å²) >= 11 is 0. The molecule has 17 aromatic rings. The van der Waals surface area contributed by atoms with E-state index in [9.17, 15) is 33.9 Å². The molecule has 3 atom stereocenters. The minimum atomic E-state index is -0.976. The number of hydrogen-bond donors (Lipinski definition) is 4. The van der Waals surface area contributed by atoms with Gasteiger partial charge in [0, 0.05) is 42.7 Å². The minimum absolute atomic E-state index is 0. The quantitative estimate of drug-likeness (QED) is 0.0165. The SMILES string of the molecule is CC(C)[C@H](NCc1ccc(-c2ccccc2-c2nnnn2C(c2ccccc2)(c2ccccc2)c2ccccc2)cc1)C(=O)OC(=O)c1ccccc1.CC(C)[C@H](NCc1ccc(-c2ccccc2-c2nnnn2C(c2ccccc2)(c2ccccc2)c2ccccc2)cc1)C(=O)OC(=O)c1ccccc1.CCCCC(=O)N(Cc1ccc(-c2ccccc2-c2nn[nH]n2)cc1)[C@H](C(=O)O)C(C)C.Cl. The highest BCUT2D eigenvalue weighted by molar-refractivity contribution is 5.99. The van der Waals surface area contributed by atoms with Crippen molar-refractivity contribution < 1.29 is 43.3 Å². The van der Waals surface area contributed by atoms with Gasteiger partial charge in [0.15, 0.2) is 11.6 Å². The maximum absolute atomic E-state index is 13.0. The normalized spacial score (nSPS) is 11.9. The van der Waals surface area contributed by atoms with Crippen LogP contribution in [0.3, 0.4) is 0 Å². The van der Waals surface area contributed by atoms with Crippen molar-refractivity contribution in [3.63, 3.8) is 0 Å². The molecule has 4 N–H and O–H groups in total. The van der Waals surface area contributed by atoms with Crippen LogP contribution in [0, 0.1) is 17.8 Å². The molecule has 14 aromatic carbocycles. The highest BCUT2D eigenvalue weighted by atomic mass is 35.5. The Morgan fingerprint density at radius 1 is 0.374 bits per heavy atom. The molecular weight excluding hydrogens is 1760 g/mol. The van der Waals surface area contributed by atoms with Gasteiger partial charge in [0.2, 0.25) is 11.7 Å². The maximum atomic E-state index is 13.0. The molecule has 24 nitrogen and oxygen atoms in total. The first-order chi connectivity index (χ1) is 67.3. The Bertz CT molecular complexity index is 6330. The number of carboxylic acid groups (broad SMARTS) is 1. The summed E-state index contributed by atoms with van der Waals surface area (Å²) in [4.78, 5) is 77.4. The summed E-state index contributed by atoms with van der Waals surface area (Å²) in [6, 6.07) is 125. The number of ether oxygens (including phenoxy) is 2. The van der Waals surface area contributed by atoms with Crippen molar-refractivity contribution in [2.24, 2.45) is 17.8 Å². The second-order valence-corrected chi connectivity index (χ2v) is 34.4. The predicted molar refractivity (Wildman–Crippen MR) is 540 cm³/mol. The van der Waals surface area contributed by atoms with Gasteiger partial charge in [0.25, 0.3) is 0 Å². The minimum Gasteiger partial charge on any atom is -0.480 e. The van der Waals surface area contributed by atoms with E-state index in [1.54, 1.807) is 60.7 Å². The lowest BCUT2D eigenvalue weighted by Crippen LogP contribution is -2.47. The summed E-state index contributed by atoms with van der Waals surface area (Å²) in [7, 11) is 0. The third-order valence-corrected chi connectivity index (χ3v) is 24.3. The van der Waals surface area contributed by atoms with Crippen LogP contribution in [0.25, 0.3) is 67.5 Å².